The van der Waals surface area contributed by atoms with Crippen LogP contribution in [0.25, 0.3) is 0 Å². The van der Waals surface area contributed by atoms with Crippen molar-refractivity contribution in [3.05, 3.63) is 35.9 Å². The zero-order valence-corrected chi connectivity index (χ0v) is 12.2. The van der Waals surface area contributed by atoms with E-state index in [0.717, 1.165) is 0 Å². The van der Waals surface area contributed by atoms with Crippen LogP contribution in [0.3, 0.4) is 0 Å². The molecule has 0 fully saturated rings. The highest BCUT2D eigenvalue weighted by atomic mass is 16.4. The molecule has 4 atom stereocenters. The molecule has 0 unspecified atom stereocenters. The monoisotopic (exact) mass is 325 g/mol. The van der Waals surface area contributed by atoms with E-state index in [1.807, 2.05) is 0 Å². The van der Waals surface area contributed by atoms with Gasteiger partial charge in [-0.15, -0.1) is 0 Å². The first kappa shape index (κ1) is 18.9. The van der Waals surface area contributed by atoms with Gasteiger partial charge in [0.2, 0.25) is 5.78 Å². The summed E-state index contributed by atoms with van der Waals surface area (Å²) >= 11 is 0. The summed E-state index contributed by atoms with van der Waals surface area (Å²) in [6.07, 6.45) is -4.93. The van der Waals surface area contributed by atoms with Gasteiger partial charge in [0, 0.05) is 6.42 Å². The molecule has 8 heteroatoms. The summed E-state index contributed by atoms with van der Waals surface area (Å²) in [5, 5.41) is 45.8. The van der Waals surface area contributed by atoms with Crippen LogP contribution in [0, 0.1) is 0 Å². The van der Waals surface area contributed by atoms with Crippen LogP contribution in [0.4, 0.5) is 0 Å². The van der Waals surface area contributed by atoms with E-state index in [1.165, 1.54) is 0 Å². The first-order chi connectivity index (χ1) is 10.9. The van der Waals surface area contributed by atoms with Crippen molar-refractivity contribution in [1.29, 1.82) is 0 Å². The molecule has 0 heterocycles. The topological polar surface area (TPSA) is 148 Å². The Hall–Kier alpha value is -2.13. The maximum Gasteiger partial charge on any atom is 0.328 e. The van der Waals surface area contributed by atoms with Crippen molar-refractivity contribution in [2.75, 3.05) is 6.61 Å². The molecule has 0 aliphatic heterocycles. The lowest BCUT2D eigenvalue weighted by Gasteiger charge is -2.19. The number of carbonyl (C=O) groups is 2. The summed E-state index contributed by atoms with van der Waals surface area (Å²) in [6, 6.07) is 7.44. The molecule has 5 N–H and O–H groups in total. The Kier molecular flexibility index (Phi) is 7.49. The highest BCUT2D eigenvalue weighted by Gasteiger charge is 2.29. The number of hydrogen-bond donors (Lipinski definition) is 5. The number of aliphatic imine (C=N–C) groups is 1. The van der Waals surface area contributed by atoms with E-state index in [2.05, 4.69) is 4.99 Å². The first-order valence-electron chi connectivity index (χ1n) is 6.85. The van der Waals surface area contributed by atoms with E-state index < -0.39 is 42.7 Å². The van der Waals surface area contributed by atoms with Crippen LogP contribution >= 0.6 is 0 Å². The summed E-state index contributed by atoms with van der Waals surface area (Å²) < 4.78 is 0. The molecule has 0 aromatic heterocycles. The second-order valence-corrected chi connectivity index (χ2v) is 4.91. The highest BCUT2D eigenvalue weighted by Crippen LogP contribution is 2.07. The van der Waals surface area contributed by atoms with Gasteiger partial charge in [0.15, 0.2) is 6.04 Å². The highest BCUT2D eigenvalue weighted by molar-refractivity contribution is 6.29. The smallest absolute Gasteiger partial charge is 0.328 e. The average molecular weight is 325 g/mol. The van der Waals surface area contributed by atoms with Crippen LogP contribution in [-0.2, 0) is 16.0 Å². The molecule has 0 amide bonds. The summed E-state index contributed by atoms with van der Waals surface area (Å²) in [5.41, 5.74) is 0.709. The number of carbonyl (C=O) groups excluding carboxylic acids is 1. The number of aliphatic carboxylic acids is 1. The van der Waals surface area contributed by atoms with E-state index in [-0.39, 0.29) is 6.42 Å². The molecule has 1 aromatic rings. The molecule has 0 saturated heterocycles. The largest absolute Gasteiger partial charge is 0.480 e. The van der Waals surface area contributed by atoms with Gasteiger partial charge >= 0.3 is 5.97 Å². The van der Waals surface area contributed by atoms with Crippen LogP contribution < -0.4 is 0 Å². The van der Waals surface area contributed by atoms with Crippen molar-refractivity contribution < 1.29 is 35.1 Å². The fourth-order valence-corrected chi connectivity index (χ4v) is 1.77. The molecule has 1 aromatic carbocycles. The Labute approximate surface area is 132 Å². The third kappa shape index (κ3) is 5.87. The van der Waals surface area contributed by atoms with Crippen molar-refractivity contribution in [2.24, 2.45) is 4.99 Å². The predicted octanol–water partition coefficient (Wildman–Crippen LogP) is -1.60. The quantitative estimate of drug-likeness (QED) is 0.343. The van der Waals surface area contributed by atoms with Gasteiger partial charge in [-0.2, -0.15) is 0 Å². The zero-order valence-electron chi connectivity index (χ0n) is 12.2. The van der Waals surface area contributed by atoms with E-state index in [4.69, 9.17) is 15.3 Å². The summed E-state index contributed by atoms with van der Waals surface area (Å²) in [6.45, 7) is -0.839. The Morgan fingerprint density at radius 2 is 1.74 bits per heavy atom. The van der Waals surface area contributed by atoms with Gasteiger partial charge < -0.3 is 25.5 Å². The Morgan fingerprint density at radius 1 is 1.13 bits per heavy atom. The number of ketones is 1. The Bertz CT molecular complexity index is 546. The fourth-order valence-electron chi connectivity index (χ4n) is 1.77. The normalized spacial score (nSPS) is 16.7. The predicted molar refractivity (Wildman–Crippen MR) is 80.2 cm³/mol. The van der Waals surface area contributed by atoms with Gasteiger partial charge in [-0.05, 0) is 5.56 Å². The minimum Gasteiger partial charge on any atom is -0.480 e. The molecule has 126 valence electrons. The molecule has 0 spiro atoms. The van der Waals surface area contributed by atoms with Gasteiger partial charge in [-0.25, -0.2) is 4.79 Å². The molecule has 1 rings (SSSR count). The van der Waals surface area contributed by atoms with Crippen LogP contribution in [0.5, 0.6) is 0 Å². The second-order valence-electron chi connectivity index (χ2n) is 4.91. The minimum atomic E-state index is -2.01. The number of hydrogen-bond acceptors (Lipinski definition) is 7. The van der Waals surface area contributed by atoms with E-state index >= 15 is 0 Å². The number of Topliss-reactive ketones (excluding diaryl/α,β-unsaturated/α-hetero) is 1. The SMILES string of the molecule is O=C(O)[C@H](Cc1ccccc1)N=CC(=O)[C@@H](O)[C@H](O)[C@H](O)CO. The molecule has 0 aliphatic rings. The van der Waals surface area contributed by atoms with Crippen LogP contribution in [-0.4, -0.2) is 74.5 Å². The van der Waals surface area contributed by atoms with Crippen molar-refractivity contribution in [1.82, 2.24) is 0 Å². The lowest BCUT2D eigenvalue weighted by Crippen LogP contribution is -2.44. The number of nitrogens with zero attached hydrogens (tertiary/aromatic N) is 1. The molecule has 0 aliphatic carbocycles. The summed E-state index contributed by atoms with van der Waals surface area (Å²) in [7, 11) is 0. The third-order valence-corrected chi connectivity index (χ3v) is 3.13. The van der Waals surface area contributed by atoms with Crippen molar-refractivity contribution >= 4 is 18.0 Å². The maximum absolute atomic E-state index is 11.6. The molecule has 8 nitrogen and oxygen atoms in total. The van der Waals surface area contributed by atoms with Crippen LogP contribution in [0.2, 0.25) is 0 Å². The number of aliphatic hydroxyl groups is 4. The zero-order chi connectivity index (χ0) is 17.4. The number of aliphatic hydroxyl groups excluding tert-OH is 4. The van der Waals surface area contributed by atoms with E-state index in [9.17, 15) is 19.8 Å². The third-order valence-electron chi connectivity index (χ3n) is 3.13. The van der Waals surface area contributed by atoms with Gasteiger partial charge in [-0.3, -0.25) is 9.79 Å². The average Bonchev–Trinajstić information content (AvgIpc) is 2.56. The molecule has 23 heavy (non-hydrogen) atoms. The van der Waals surface area contributed by atoms with Crippen molar-refractivity contribution in [2.45, 2.75) is 30.8 Å². The second kappa shape index (κ2) is 9.11. The fraction of sp³-hybridized carbons (Fsp3) is 0.400. The van der Waals surface area contributed by atoms with Crippen LogP contribution in [0.15, 0.2) is 35.3 Å². The first-order valence-corrected chi connectivity index (χ1v) is 6.85. The standard InChI is InChI=1S/C15H19NO7/c17-8-12(19)14(21)13(20)11(18)7-16-10(15(22)23)6-9-4-2-1-3-5-9/h1-5,7,10,12-14,17,19-21H,6,8H2,(H,22,23)/t10-,12+,13+,14+/m0/s1. The maximum atomic E-state index is 11.6. The molecular formula is C15H19NO7. The summed E-state index contributed by atoms with van der Waals surface area (Å²) in [5.74, 6) is -2.31. The van der Waals surface area contributed by atoms with Gasteiger partial charge in [0.25, 0.3) is 0 Å². The van der Waals surface area contributed by atoms with Gasteiger partial charge in [0.05, 0.1) is 12.8 Å². The Morgan fingerprint density at radius 3 is 2.26 bits per heavy atom. The molecule has 0 saturated carbocycles. The van der Waals surface area contributed by atoms with Gasteiger partial charge in [-0.1, -0.05) is 30.3 Å². The number of carboxylic acids is 1. The van der Waals surface area contributed by atoms with E-state index in [0.29, 0.717) is 11.8 Å². The Balaban J connectivity index is 2.74. The van der Waals surface area contributed by atoms with Crippen molar-refractivity contribution in [3.8, 4) is 0 Å². The molecular weight excluding hydrogens is 306 g/mol. The summed E-state index contributed by atoms with van der Waals surface area (Å²) in [4.78, 5) is 26.4. The number of carboxylic acid groups (broad SMARTS) is 1. The van der Waals surface area contributed by atoms with Gasteiger partial charge in [0.1, 0.15) is 18.3 Å². The van der Waals surface area contributed by atoms with E-state index in [1.54, 1.807) is 30.3 Å². The van der Waals surface area contributed by atoms with Crippen LogP contribution in [0.1, 0.15) is 5.56 Å². The molecule has 0 radical (unpaired) electrons. The minimum absolute atomic E-state index is 0.0534. The lowest BCUT2D eigenvalue weighted by atomic mass is 10.0. The number of rotatable bonds is 9. The molecule has 0 bridgehead atoms. The lowest BCUT2D eigenvalue weighted by molar-refractivity contribution is -0.138. The van der Waals surface area contributed by atoms with Crippen molar-refractivity contribution in [3.63, 3.8) is 0 Å². The number of benzene rings is 1.